The van der Waals surface area contributed by atoms with Crippen LogP contribution in [0.4, 0.5) is 5.69 Å². The number of aromatic nitrogens is 2. The summed E-state index contributed by atoms with van der Waals surface area (Å²) in [5.41, 5.74) is -0.366. The maximum atomic E-state index is 13.1. The molecule has 0 aliphatic carbocycles. The molecule has 156 valence electrons. The molecule has 3 aromatic rings. The van der Waals surface area contributed by atoms with Crippen LogP contribution in [-0.2, 0) is 30.9 Å². The van der Waals surface area contributed by atoms with Gasteiger partial charge in [0.15, 0.2) is 0 Å². The van der Waals surface area contributed by atoms with Gasteiger partial charge in [-0.1, -0.05) is 60.7 Å². The van der Waals surface area contributed by atoms with E-state index in [0.717, 1.165) is 10.1 Å². The van der Waals surface area contributed by atoms with Gasteiger partial charge in [0.25, 0.3) is 0 Å². The third-order valence-corrected chi connectivity index (χ3v) is 4.79. The first-order chi connectivity index (χ1) is 14.5. The molecule has 0 unspecified atom stereocenters. The van der Waals surface area contributed by atoms with Crippen LogP contribution in [0, 0.1) is 10.1 Å². The second kappa shape index (κ2) is 9.80. The Balaban J connectivity index is 2.12. The van der Waals surface area contributed by atoms with E-state index in [0.29, 0.717) is 18.6 Å². The number of hydrogen-bond donors (Lipinski definition) is 0. The number of nitro groups is 1. The van der Waals surface area contributed by atoms with Gasteiger partial charge >= 0.3 is 16.9 Å². The smallest absolute Gasteiger partial charge is 0.353 e. The Morgan fingerprint density at radius 1 is 0.900 bits per heavy atom. The minimum atomic E-state index is -0.898. The molecular formula is C22H23N3O5. The fourth-order valence-electron chi connectivity index (χ4n) is 3.29. The van der Waals surface area contributed by atoms with Crippen molar-refractivity contribution in [3.8, 4) is 0 Å². The van der Waals surface area contributed by atoms with Crippen LogP contribution in [0.2, 0.25) is 0 Å². The highest BCUT2D eigenvalue weighted by molar-refractivity contribution is 5.34. The molecule has 0 fully saturated rings. The van der Waals surface area contributed by atoms with Crippen LogP contribution in [0.1, 0.15) is 23.7 Å². The van der Waals surface area contributed by atoms with Crippen molar-refractivity contribution in [2.45, 2.75) is 33.0 Å². The lowest BCUT2D eigenvalue weighted by atomic mass is 10.1. The molecule has 1 aromatic heterocycles. The molecule has 0 radical (unpaired) electrons. The molecule has 3 rings (SSSR count). The summed E-state index contributed by atoms with van der Waals surface area (Å²) in [6, 6.07) is 18.3. The molecule has 0 bridgehead atoms. The van der Waals surface area contributed by atoms with E-state index in [4.69, 9.17) is 4.74 Å². The first-order valence-electron chi connectivity index (χ1n) is 9.69. The zero-order valence-electron chi connectivity index (χ0n) is 16.7. The van der Waals surface area contributed by atoms with E-state index in [-0.39, 0.29) is 25.4 Å². The molecule has 2 aromatic carbocycles. The van der Waals surface area contributed by atoms with Crippen molar-refractivity contribution in [2.75, 3.05) is 6.61 Å². The van der Waals surface area contributed by atoms with E-state index in [9.17, 15) is 19.7 Å². The molecule has 0 spiro atoms. The van der Waals surface area contributed by atoms with Crippen molar-refractivity contribution in [3.63, 3.8) is 0 Å². The third kappa shape index (κ3) is 4.72. The van der Waals surface area contributed by atoms with Gasteiger partial charge in [-0.15, -0.1) is 0 Å². The number of hydrogen-bond acceptors (Lipinski definition) is 5. The summed E-state index contributed by atoms with van der Waals surface area (Å²) in [7, 11) is 0. The predicted octanol–water partition coefficient (Wildman–Crippen LogP) is 2.75. The summed E-state index contributed by atoms with van der Waals surface area (Å²) in [5, 5.41) is 11.8. The molecule has 0 saturated carbocycles. The highest BCUT2D eigenvalue weighted by Gasteiger charge is 2.27. The van der Waals surface area contributed by atoms with Gasteiger partial charge in [-0.05, 0) is 30.9 Å². The Bertz CT molecular complexity index is 1120. The third-order valence-electron chi connectivity index (χ3n) is 4.79. The molecule has 0 atom stereocenters. The van der Waals surface area contributed by atoms with E-state index in [1.54, 1.807) is 31.2 Å². The Kier molecular flexibility index (Phi) is 6.92. The largest absolute Gasteiger partial charge is 0.361 e. The maximum Gasteiger partial charge on any atom is 0.353 e. The lowest BCUT2D eigenvalue weighted by Gasteiger charge is -2.16. The maximum absolute atomic E-state index is 13.1. The van der Waals surface area contributed by atoms with Gasteiger partial charge in [0.2, 0.25) is 0 Å². The molecule has 0 aliphatic rings. The normalized spacial score (nSPS) is 10.8. The number of benzene rings is 2. The van der Waals surface area contributed by atoms with Crippen LogP contribution >= 0.6 is 0 Å². The van der Waals surface area contributed by atoms with Crippen molar-refractivity contribution in [2.24, 2.45) is 0 Å². The van der Waals surface area contributed by atoms with E-state index < -0.39 is 21.9 Å². The summed E-state index contributed by atoms with van der Waals surface area (Å²) in [6.07, 6.45) is 0.624. The molecule has 8 nitrogen and oxygen atoms in total. The zero-order chi connectivity index (χ0) is 21.5. The van der Waals surface area contributed by atoms with Gasteiger partial charge < -0.3 is 4.74 Å². The van der Waals surface area contributed by atoms with Crippen LogP contribution in [0.15, 0.2) is 70.3 Å². The molecule has 0 saturated heterocycles. The Labute approximate surface area is 173 Å². The zero-order valence-corrected chi connectivity index (χ0v) is 16.7. The van der Waals surface area contributed by atoms with E-state index in [1.807, 2.05) is 36.4 Å². The first-order valence-corrected chi connectivity index (χ1v) is 9.69. The van der Waals surface area contributed by atoms with E-state index in [1.165, 1.54) is 4.57 Å². The van der Waals surface area contributed by atoms with Crippen molar-refractivity contribution in [1.82, 2.24) is 9.13 Å². The van der Waals surface area contributed by atoms with Crippen molar-refractivity contribution < 1.29 is 9.66 Å². The van der Waals surface area contributed by atoms with Crippen LogP contribution in [0.3, 0.4) is 0 Å². The van der Waals surface area contributed by atoms with Gasteiger partial charge in [0, 0.05) is 6.61 Å². The molecule has 30 heavy (non-hydrogen) atoms. The highest BCUT2D eigenvalue weighted by Crippen LogP contribution is 2.16. The first kappa shape index (κ1) is 21.2. The summed E-state index contributed by atoms with van der Waals surface area (Å²) in [4.78, 5) is 37.2. The van der Waals surface area contributed by atoms with Crippen LogP contribution in [0.25, 0.3) is 0 Å². The number of rotatable bonds is 9. The van der Waals surface area contributed by atoms with Gasteiger partial charge in [-0.3, -0.25) is 19.5 Å². The monoisotopic (exact) mass is 409 g/mol. The number of ether oxygens (including phenoxy) is 1. The minimum absolute atomic E-state index is 0.0512. The second-order valence-corrected chi connectivity index (χ2v) is 6.75. The SMILES string of the molecule is CCOCn1c(CCc2ccccc2)c([N+](=O)[O-])c(=O)n(Cc2ccccc2)c1=O. The van der Waals surface area contributed by atoms with Gasteiger partial charge in [-0.2, -0.15) is 0 Å². The van der Waals surface area contributed by atoms with E-state index >= 15 is 0 Å². The Hall–Kier alpha value is -3.52. The Morgan fingerprint density at radius 2 is 1.50 bits per heavy atom. The van der Waals surface area contributed by atoms with Crippen LogP contribution in [0.5, 0.6) is 0 Å². The van der Waals surface area contributed by atoms with Crippen LogP contribution < -0.4 is 11.2 Å². The summed E-state index contributed by atoms with van der Waals surface area (Å²) < 4.78 is 7.50. The van der Waals surface area contributed by atoms with Crippen molar-refractivity contribution in [3.05, 3.63) is 108 Å². The average Bonchev–Trinajstić information content (AvgIpc) is 2.76. The van der Waals surface area contributed by atoms with E-state index in [2.05, 4.69) is 0 Å². The summed E-state index contributed by atoms with van der Waals surface area (Å²) in [5.74, 6) is 0. The lowest BCUT2D eigenvalue weighted by Crippen LogP contribution is -2.43. The molecule has 0 amide bonds. The molecule has 1 heterocycles. The number of aryl methyl sites for hydroxylation is 1. The average molecular weight is 409 g/mol. The summed E-state index contributed by atoms with van der Waals surface area (Å²) >= 11 is 0. The second-order valence-electron chi connectivity index (χ2n) is 6.75. The minimum Gasteiger partial charge on any atom is -0.361 e. The molecule has 8 heteroatoms. The lowest BCUT2D eigenvalue weighted by molar-refractivity contribution is -0.388. The Morgan fingerprint density at radius 3 is 2.07 bits per heavy atom. The van der Waals surface area contributed by atoms with Crippen molar-refractivity contribution >= 4 is 5.69 Å². The van der Waals surface area contributed by atoms with Crippen molar-refractivity contribution in [1.29, 1.82) is 0 Å². The summed E-state index contributed by atoms with van der Waals surface area (Å²) in [6.45, 7) is 1.89. The highest BCUT2D eigenvalue weighted by atomic mass is 16.6. The molecule has 0 aliphatic heterocycles. The van der Waals surface area contributed by atoms with Gasteiger partial charge in [-0.25, -0.2) is 9.36 Å². The topological polar surface area (TPSA) is 96.4 Å². The van der Waals surface area contributed by atoms with Gasteiger partial charge in [0.05, 0.1) is 11.5 Å². The molecule has 0 N–H and O–H groups in total. The fraction of sp³-hybridized carbons (Fsp3) is 0.273. The number of nitrogens with zero attached hydrogens (tertiary/aromatic N) is 3. The van der Waals surface area contributed by atoms with Gasteiger partial charge in [0.1, 0.15) is 12.4 Å². The van der Waals surface area contributed by atoms with Crippen LogP contribution in [-0.4, -0.2) is 20.7 Å². The predicted molar refractivity (Wildman–Crippen MR) is 113 cm³/mol. The standard InChI is InChI=1S/C22H23N3O5/c1-2-30-16-24-19(14-13-17-9-5-3-6-10-17)20(25(28)29)21(26)23(22(24)27)15-18-11-7-4-8-12-18/h3-12H,2,13-16H2,1H3. The quantitative estimate of drug-likeness (QED) is 0.400. The molecular weight excluding hydrogens is 386 g/mol. The fourth-order valence-corrected chi connectivity index (χ4v) is 3.29.